The largest absolute Gasteiger partial charge is 0.334 e. The minimum Gasteiger partial charge on any atom is -0.334 e. The highest BCUT2D eigenvalue weighted by molar-refractivity contribution is 7.89. The predicted octanol–water partition coefficient (Wildman–Crippen LogP) is 3.27. The minimum absolute atomic E-state index is 0.0114. The summed E-state index contributed by atoms with van der Waals surface area (Å²) in [6.45, 7) is 2.06. The van der Waals surface area contributed by atoms with E-state index in [-0.39, 0.29) is 17.6 Å². The monoisotopic (exact) mass is 378 g/mol. The minimum atomic E-state index is -3.07. The zero-order valence-electron chi connectivity index (χ0n) is 15.1. The van der Waals surface area contributed by atoms with Crippen molar-refractivity contribution in [3.05, 3.63) is 71.0 Å². The summed E-state index contributed by atoms with van der Waals surface area (Å²) >= 11 is 0. The first-order chi connectivity index (χ1) is 12.2. The van der Waals surface area contributed by atoms with Gasteiger partial charge in [0, 0.05) is 25.4 Å². The molecule has 0 aliphatic heterocycles. The first kappa shape index (κ1) is 19.9. The van der Waals surface area contributed by atoms with Crippen molar-refractivity contribution in [1.29, 1.82) is 0 Å². The van der Waals surface area contributed by atoms with E-state index in [1.54, 1.807) is 56.4 Å². The molecule has 2 aromatic carbocycles. The van der Waals surface area contributed by atoms with Crippen LogP contribution >= 0.6 is 0 Å². The Bertz CT molecular complexity index is 867. The Labute approximate surface area is 153 Å². The number of nitrogens with zero attached hydrogens (tertiary/aromatic N) is 1. The van der Waals surface area contributed by atoms with Gasteiger partial charge in [0.05, 0.1) is 11.8 Å². The lowest BCUT2D eigenvalue weighted by atomic mass is 10.1. The van der Waals surface area contributed by atoms with Gasteiger partial charge in [-0.1, -0.05) is 42.5 Å². The molecule has 0 heterocycles. The van der Waals surface area contributed by atoms with Crippen LogP contribution in [0.2, 0.25) is 0 Å². The van der Waals surface area contributed by atoms with Gasteiger partial charge in [-0.25, -0.2) is 17.6 Å². The topological polar surface area (TPSA) is 66.5 Å². The van der Waals surface area contributed by atoms with Gasteiger partial charge in [-0.15, -0.1) is 0 Å². The SMILES string of the molecule is CC(c1ccccc1F)N(C)C(=O)NCc1ccc(CS(C)(=O)=O)cc1. The van der Waals surface area contributed by atoms with Crippen molar-refractivity contribution in [1.82, 2.24) is 10.2 Å². The van der Waals surface area contributed by atoms with E-state index in [1.807, 2.05) is 0 Å². The molecule has 0 radical (unpaired) electrons. The van der Waals surface area contributed by atoms with Crippen molar-refractivity contribution in [2.45, 2.75) is 25.3 Å². The Morgan fingerprint density at radius 1 is 1.12 bits per heavy atom. The van der Waals surface area contributed by atoms with E-state index in [4.69, 9.17) is 0 Å². The summed E-state index contributed by atoms with van der Waals surface area (Å²) in [5.41, 5.74) is 2.01. The molecule has 0 aliphatic carbocycles. The van der Waals surface area contributed by atoms with Gasteiger partial charge in [-0.3, -0.25) is 0 Å². The summed E-state index contributed by atoms with van der Waals surface area (Å²) in [7, 11) is -1.46. The van der Waals surface area contributed by atoms with Crippen LogP contribution in [-0.4, -0.2) is 32.7 Å². The van der Waals surface area contributed by atoms with Crippen molar-refractivity contribution < 1.29 is 17.6 Å². The molecular weight excluding hydrogens is 355 g/mol. The normalized spacial score (nSPS) is 12.5. The molecule has 7 heteroatoms. The van der Waals surface area contributed by atoms with Crippen LogP contribution in [0.3, 0.4) is 0 Å². The second kappa shape index (κ2) is 8.31. The number of hydrogen-bond donors (Lipinski definition) is 1. The lowest BCUT2D eigenvalue weighted by molar-refractivity contribution is 0.193. The standard InChI is InChI=1S/C19H23FN2O3S/c1-14(17-6-4-5-7-18(17)20)22(2)19(23)21-12-15-8-10-16(11-9-15)13-26(3,24)25/h4-11,14H,12-13H2,1-3H3,(H,21,23). The molecule has 0 bridgehead atoms. The fourth-order valence-corrected chi connectivity index (χ4v) is 3.35. The molecule has 140 valence electrons. The van der Waals surface area contributed by atoms with Crippen molar-refractivity contribution in [3.63, 3.8) is 0 Å². The number of rotatable bonds is 6. The van der Waals surface area contributed by atoms with Crippen LogP contribution in [0.15, 0.2) is 48.5 Å². The van der Waals surface area contributed by atoms with Gasteiger partial charge in [0.1, 0.15) is 5.82 Å². The van der Waals surface area contributed by atoms with Crippen LogP contribution in [0.5, 0.6) is 0 Å². The molecule has 0 spiro atoms. The maximum absolute atomic E-state index is 13.9. The molecule has 0 aromatic heterocycles. The van der Waals surface area contributed by atoms with Crippen LogP contribution in [0.4, 0.5) is 9.18 Å². The molecule has 2 amide bonds. The molecule has 2 aromatic rings. The van der Waals surface area contributed by atoms with Crippen LogP contribution < -0.4 is 5.32 Å². The van der Waals surface area contributed by atoms with Gasteiger partial charge in [0.25, 0.3) is 0 Å². The number of benzene rings is 2. The molecule has 1 N–H and O–H groups in total. The molecule has 1 atom stereocenters. The quantitative estimate of drug-likeness (QED) is 0.839. The Balaban J connectivity index is 1.94. The van der Waals surface area contributed by atoms with Crippen LogP contribution in [-0.2, 0) is 22.1 Å². The van der Waals surface area contributed by atoms with Crippen molar-refractivity contribution in [2.24, 2.45) is 0 Å². The van der Waals surface area contributed by atoms with Crippen LogP contribution in [0, 0.1) is 5.82 Å². The summed E-state index contributed by atoms with van der Waals surface area (Å²) in [6.07, 6.45) is 1.19. The number of amides is 2. The van der Waals surface area contributed by atoms with Crippen LogP contribution in [0.25, 0.3) is 0 Å². The third-order valence-corrected chi connectivity index (χ3v) is 5.01. The molecule has 26 heavy (non-hydrogen) atoms. The third kappa shape index (κ3) is 5.56. The molecule has 0 saturated heterocycles. The Kier molecular flexibility index (Phi) is 6.37. The zero-order valence-corrected chi connectivity index (χ0v) is 15.9. The van der Waals surface area contributed by atoms with E-state index in [2.05, 4.69) is 5.32 Å². The number of carbonyl (C=O) groups is 1. The zero-order chi connectivity index (χ0) is 19.3. The Morgan fingerprint density at radius 3 is 2.27 bits per heavy atom. The van der Waals surface area contributed by atoms with Gasteiger partial charge < -0.3 is 10.2 Å². The van der Waals surface area contributed by atoms with E-state index < -0.39 is 15.9 Å². The fourth-order valence-electron chi connectivity index (χ4n) is 2.56. The fraction of sp³-hybridized carbons (Fsp3) is 0.316. The van der Waals surface area contributed by atoms with Gasteiger partial charge in [0.2, 0.25) is 0 Å². The van der Waals surface area contributed by atoms with Gasteiger partial charge in [-0.2, -0.15) is 0 Å². The molecule has 0 aliphatic rings. The highest BCUT2D eigenvalue weighted by Gasteiger charge is 2.19. The van der Waals surface area contributed by atoms with Gasteiger partial charge in [0.15, 0.2) is 9.84 Å². The van der Waals surface area contributed by atoms with Crippen LogP contribution in [0.1, 0.15) is 29.7 Å². The number of hydrogen-bond acceptors (Lipinski definition) is 3. The second-order valence-corrected chi connectivity index (χ2v) is 8.49. The van der Waals surface area contributed by atoms with Crippen molar-refractivity contribution in [3.8, 4) is 0 Å². The first-order valence-corrected chi connectivity index (χ1v) is 10.2. The maximum Gasteiger partial charge on any atom is 0.317 e. The highest BCUT2D eigenvalue weighted by atomic mass is 32.2. The molecular formula is C19H23FN2O3S. The summed E-state index contributed by atoms with van der Waals surface area (Å²) in [5.74, 6) is -0.358. The predicted molar refractivity (Wildman–Crippen MR) is 99.8 cm³/mol. The second-order valence-electron chi connectivity index (χ2n) is 6.35. The van der Waals surface area contributed by atoms with E-state index >= 15 is 0 Å². The number of nitrogens with one attached hydrogen (secondary N) is 1. The summed E-state index contributed by atoms with van der Waals surface area (Å²) in [6, 6.07) is 12.7. The van der Waals surface area contributed by atoms with Crippen molar-refractivity contribution in [2.75, 3.05) is 13.3 Å². The van der Waals surface area contributed by atoms with E-state index in [9.17, 15) is 17.6 Å². The van der Waals surface area contributed by atoms with Crippen molar-refractivity contribution >= 4 is 15.9 Å². The Morgan fingerprint density at radius 2 is 1.69 bits per heavy atom. The third-order valence-electron chi connectivity index (χ3n) is 4.15. The average Bonchev–Trinajstić information content (AvgIpc) is 2.58. The lowest BCUT2D eigenvalue weighted by Crippen LogP contribution is -2.38. The molecule has 5 nitrogen and oxygen atoms in total. The lowest BCUT2D eigenvalue weighted by Gasteiger charge is -2.26. The molecule has 0 fully saturated rings. The smallest absolute Gasteiger partial charge is 0.317 e. The van der Waals surface area contributed by atoms with Gasteiger partial charge in [-0.05, 0) is 24.1 Å². The molecule has 1 unspecified atom stereocenters. The highest BCUT2D eigenvalue weighted by Crippen LogP contribution is 2.21. The maximum atomic E-state index is 13.9. The summed E-state index contributed by atoms with van der Waals surface area (Å²) < 4.78 is 36.5. The van der Waals surface area contributed by atoms with E-state index in [1.165, 1.54) is 17.2 Å². The molecule has 0 saturated carbocycles. The Hall–Kier alpha value is -2.41. The van der Waals surface area contributed by atoms with E-state index in [0.29, 0.717) is 17.7 Å². The van der Waals surface area contributed by atoms with Gasteiger partial charge >= 0.3 is 6.03 Å². The number of carbonyl (C=O) groups excluding carboxylic acids is 1. The number of halogens is 1. The van der Waals surface area contributed by atoms with E-state index in [0.717, 1.165) is 5.56 Å². The number of sulfone groups is 1. The summed E-state index contributed by atoms with van der Waals surface area (Å²) in [4.78, 5) is 13.8. The number of urea groups is 1. The average molecular weight is 378 g/mol. The first-order valence-electron chi connectivity index (χ1n) is 8.18. The molecule has 2 rings (SSSR count). The summed E-state index contributed by atoms with van der Waals surface area (Å²) in [5, 5.41) is 2.78.